The fourth-order valence-electron chi connectivity index (χ4n) is 1.83. The molecule has 0 radical (unpaired) electrons. The predicted octanol–water partition coefficient (Wildman–Crippen LogP) is 1.90. The van der Waals surface area contributed by atoms with Crippen molar-refractivity contribution >= 4 is 5.82 Å². The van der Waals surface area contributed by atoms with Crippen molar-refractivity contribution < 1.29 is 5.11 Å². The molecule has 1 heterocycles. The highest BCUT2D eigenvalue weighted by Crippen LogP contribution is 2.25. The zero-order chi connectivity index (χ0) is 12.7. The largest absolute Gasteiger partial charge is 0.396 e. The number of nitrogens with zero attached hydrogens (tertiary/aromatic N) is 3. The van der Waals surface area contributed by atoms with E-state index in [4.69, 9.17) is 0 Å². The van der Waals surface area contributed by atoms with E-state index in [2.05, 4.69) is 36.4 Å². The third-order valence-electron chi connectivity index (χ3n) is 3.53. The van der Waals surface area contributed by atoms with Gasteiger partial charge in [-0.1, -0.05) is 26.0 Å². The Labute approximate surface area is 103 Å². The van der Waals surface area contributed by atoms with Gasteiger partial charge in [0.2, 0.25) is 0 Å². The lowest BCUT2D eigenvalue weighted by Gasteiger charge is -2.29. The molecule has 0 spiro atoms. The summed E-state index contributed by atoms with van der Waals surface area (Å²) in [6.07, 6.45) is 4.69. The van der Waals surface area contributed by atoms with Crippen LogP contribution in [0.1, 0.15) is 40.0 Å². The second-order valence-corrected chi connectivity index (χ2v) is 4.56. The zero-order valence-electron chi connectivity index (χ0n) is 11.1. The number of anilines is 1. The van der Waals surface area contributed by atoms with E-state index in [9.17, 15) is 5.11 Å². The molecular formula is C12H24N4O. The van der Waals surface area contributed by atoms with Crippen LogP contribution in [-0.2, 0) is 6.54 Å². The van der Waals surface area contributed by atoms with E-state index in [1.165, 1.54) is 0 Å². The summed E-state index contributed by atoms with van der Waals surface area (Å²) in [6.45, 7) is 8.18. The highest BCUT2D eigenvalue weighted by Gasteiger charge is 2.25. The first-order chi connectivity index (χ1) is 8.21. The van der Waals surface area contributed by atoms with Crippen molar-refractivity contribution in [3.8, 4) is 0 Å². The number of hydrogen-bond donors (Lipinski definition) is 2. The molecule has 17 heavy (non-hydrogen) atoms. The molecule has 0 saturated heterocycles. The van der Waals surface area contributed by atoms with Gasteiger partial charge in [0.15, 0.2) is 0 Å². The summed E-state index contributed by atoms with van der Waals surface area (Å²) in [5.41, 5.74) is -0.0404. The van der Waals surface area contributed by atoms with Crippen molar-refractivity contribution in [3.63, 3.8) is 0 Å². The second-order valence-electron chi connectivity index (χ2n) is 4.56. The van der Waals surface area contributed by atoms with Crippen LogP contribution in [0.2, 0.25) is 0 Å². The molecule has 0 aromatic carbocycles. The van der Waals surface area contributed by atoms with Crippen molar-refractivity contribution in [2.24, 2.45) is 5.41 Å². The van der Waals surface area contributed by atoms with Gasteiger partial charge in [0.05, 0.1) is 12.8 Å². The molecule has 5 nitrogen and oxygen atoms in total. The van der Waals surface area contributed by atoms with Gasteiger partial charge in [-0.15, -0.1) is 5.10 Å². The van der Waals surface area contributed by atoms with Crippen LogP contribution in [0.25, 0.3) is 0 Å². The quantitative estimate of drug-likeness (QED) is 0.728. The van der Waals surface area contributed by atoms with E-state index >= 15 is 0 Å². The third kappa shape index (κ3) is 3.43. The molecule has 98 valence electrons. The van der Waals surface area contributed by atoms with Crippen molar-refractivity contribution in [3.05, 3.63) is 6.20 Å². The number of aryl methyl sites for hydroxylation is 1. The molecule has 0 aliphatic carbocycles. The average molecular weight is 240 g/mol. The molecule has 0 unspecified atom stereocenters. The lowest BCUT2D eigenvalue weighted by Crippen LogP contribution is -2.32. The maximum atomic E-state index is 9.50. The minimum Gasteiger partial charge on any atom is -0.396 e. The fourth-order valence-corrected chi connectivity index (χ4v) is 1.83. The van der Waals surface area contributed by atoms with Crippen molar-refractivity contribution in [1.82, 2.24) is 15.0 Å². The van der Waals surface area contributed by atoms with Crippen molar-refractivity contribution in [2.75, 3.05) is 18.5 Å². The molecule has 0 aliphatic rings. The molecule has 0 fully saturated rings. The normalized spacial score (nSPS) is 11.8. The summed E-state index contributed by atoms with van der Waals surface area (Å²) in [7, 11) is 0. The van der Waals surface area contributed by atoms with E-state index in [0.717, 1.165) is 38.2 Å². The first-order valence-corrected chi connectivity index (χ1v) is 6.44. The topological polar surface area (TPSA) is 63.0 Å². The van der Waals surface area contributed by atoms with Crippen molar-refractivity contribution in [1.29, 1.82) is 0 Å². The molecule has 1 rings (SSSR count). The second kappa shape index (κ2) is 6.59. The molecule has 0 aliphatic heterocycles. The molecule has 0 atom stereocenters. The highest BCUT2D eigenvalue weighted by molar-refractivity contribution is 5.31. The Kier molecular flexibility index (Phi) is 5.41. The third-order valence-corrected chi connectivity index (χ3v) is 3.53. The Morgan fingerprint density at radius 2 is 2.06 bits per heavy atom. The maximum Gasteiger partial charge on any atom is 0.144 e. The van der Waals surface area contributed by atoms with E-state index in [1.54, 1.807) is 6.20 Å². The summed E-state index contributed by atoms with van der Waals surface area (Å²) in [5, 5.41) is 20.8. The minimum atomic E-state index is -0.0404. The van der Waals surface area contributed by atoms with Gasteiger partial charge >= 0.3 is 0 Å². The van der Waals surface area contributed by atoms with Gasteiger partial charge in [0, 0.05) is 18.5 Å². The summed E-state index contributed by atoms with van der Waals surface area (Å²) in [6, 6.07) is 0. The Morgan fingerprint density at radius 1 is 1.35 bits per heavy atom. The van der Waals surface area contributed by atoms with Crippen molar-refractivity contribution in [2.45, 2.75) is 46.6 Å². The Morgan fingerprint density at radius 3 is 2.59 bits per heavy atom. The van der Waals surface area contributed by atoms with Gasteiger partial charge in [-0.2, -0.15) is 0 Å². The van der Waals surface area contributed by atoms with E-state index in [0.29, 0.717) is 0 Å². The first kappa shape index (κ1) is 14.0. The van der Waals surface area contributed by atoms with Gasteiger partial charge in [-0.3, -0.25) is 0 Å². The van der Waals surface area contributed by atoms with Crippen LogP contribution in [0.5, 0.6) is 0 Å². The standard InChI is InChI=1S/C12H24N4O/c1-4-7-16-11(8-14-15-16)13-9-12(5-2,6-3)10-17/h8,13,17H,4-7,9-10H2,1-3H3. The molecule has 0 bridgehead atoms. The monoisotopic (exact) mass is 240 g/mol. The highest BCUT2D eigenvalue weighted by atomic mass is 16.3. The molecule has 1 aromatic rings. The molecule has 2 N–H and O–H groups in total. The summed E-state index contributed by atoms with van der Waals surface area (Å²) < 4.78 is 1.87. The van der Waals surface area contributed by atoms with Crippen LogP contribution >= 0.6 is 0 Å². The van der Waals surface area contributed by atoms with Gasteiger partial charge in [0.1, 0.15) is 5.82 Å². The maximum absolute atomic E-state index is 9.50. The van der Waals surface area contributed by atoms with E-state index < -0.39 is 0 Å². The van der Waals surface area contributed by atoms with E-state index in [-0.39, 0.29) is 12.0 Å². The van der Waals surface area contributed by atoms with Gasteiger partial charge < -0.3 is 10.4 Å². The summed E-state index contributed by atoms with van der Waals surface area (Å²) >= 11 is 0. The first-order valence-electron chi connectivity index (χ1n) is 6.44. The molecule has 0 saturated carbocycles. The number of aliphatic hydroxyl groups is 1. The molecule has 0 amide bonds. The Hall–Kier alpha value is -1.10. The van der Waals surface area contributed by atoms with Crippen LogP contribution in [0.3, 0.4) is 0 Å². The van der Waals surface area contributed by atoms with Crippen LogP contribution in [0, 0.1) is 5.41 Å². The number of aromatic nitrogens is 3. The van der Waals surface area contributed by atoms with Crippen LogP contribution < -0.4 is 5.32 Å². The average Bonchev–Trinajstić information content (AvgIpc) is 2.80. The summed E-state index contributed by atoms with van der Waals surface area (Å²) in [5.74, 6) is 0.937. The van der Waals surface area contributed by atoms with Crippen LogP contribution in [-0.4, -0.2) is 33.3 Å². The molecule has 1 aromatic heterocycles. The Bertz CT molecular complexity index is 312. The smallest absolute Gasteiger partial charge is 0.144 e. The van der Waals surface area contributed by atoms with Crippen LogP contribution in [0.15, 0.2) is 6.20 Å². The van der Waals surface area contributed by atoms with E-state index in [1.807, 2.05) is 4.68 Å². The summed E-state index contributed by atoms with van der Waals surface area (Å²) in [4.78, 5) is 0. The number of hydrogen-bond acceptors (Lipinski definition) is 4. The number of nitrogens with one attached hydrogen (secondary N) is 1. The fraction of sp³-hybridized carbons (Fsp3) is 0.833. The minimum absolute atomic E-state index is 0.0404. The Balaban J connectivity index is 2.62. The van der Waals surface area contributed by atoms with Gasteiger partial charge in [0.25, 0.3) is 0 Å². The predicted molar refractivity (Wildman–Crippen MR) is 68.9 cm³/mol. The zero-order valence-corrected chi connectivity index (χ0v) is 11.1. The molecule has 5 heteroatoms. The lowest BCUT2D eigenvalue weighted by molar-refractivity contribution is 0.127. The van der Waals surface area contributed by atoms with Gasteiger partial charge in [-0.05, 0) is 19.3 Å². The lowest BCUT2D eigenvalue weighted by atomic mass is 9.83. The number of aliphatic hydroxyl groups excluding tert-OH is 1. The molecular weight excluding hydrogens is 216 g/mol. The van der Waals surface area contributed by atoms with Crippen LogP contribution in [0.4, 0.5) is 5.82 Å². The number of rotatable bonds is 8. The SMILES string of the molecule is CCCn1nncc1NCC(CC)(CC)CO. The van der Waals surface area contributed by atoms with Gasteiger partial charge in [-0.25, -0.2) is 4.68 Å².